The smallest absolute Gasteiger partial charge is 0.146 e. The highest BCUT2D eigenvalue weighted by Gasteiger charge is 2.09. The van der Waals surface area contributed by atoms with Crippen molar-refractivity contribution in [2.45, 2.75) is 33.5 Å². The highest BCUT2D eigenvalue weighted by molar-refractivity contribution is 7.07. The van der Waals surface area contributed by atoms with E-state index in [1.54, 1.807) is 18.3 Å². The van der Waals surface area contributed by atoms with E-state index in [0.717, 1.165) is 12.4 Å². The van der Waals surface area contributed by atoms with Crippen molar-refractivity contribution in [2.24, 2.45) is 9.98 Å². The molecule has 21 heavy (non-hydrogen) atoms. The molecule has 0 spiro atoms. The van der Waals surface area contributed by atoms with Gasteiger partial charge in [-0.15, -0.1) is 0 Å². The van der Waals surface area contributed by atoms with Crippen LogP contribution in [-0.4, -0.2) is 54.5 Å². The van der Waals surface area contributed by atoms with Crippen molar-refractivity contribution in [3.63, 3.8) is 0 Å². The van der Waals surface area contributed by atoms with Crippen LogP contribution >= 0.6 is 11.3 Å². The third-order valence-electron chi connectivity index (χ3n) is 2.99. The van der Waals surface area contributed by atoms with E-state index >= 15 is 0 Å². The lowest BCUT2D eigenvalue weighted by Crippen LogP contribution is -2.30. The minimum absolute atomic E-state index is 0.201. The lowest BCUT2D eigenvalue weighted by molar-refractivity contribution is 0.492. The van der Waals surface area contributed by atoms with Crippen LogP contribution in [0.15, 0.2) is 26.8 Å². The Bertz CT molecular complexity index is 516. The molecule has 0 saturated heterocycles. The summed E-state index contributed by atoms with van der Waals surface area (Å²) in [7, 11) is 5.81. The molecule has 0 aliphatic rings. The molecule has 116 valence electrons. The topological polar surface area (TPSA) is 55.1 Å². The molecule has 6 heteroatoms. The Morgan fingerprint density at radius 3 is 2.43 bits per heavy atom. The van der Waals surface area contributed by atoms with Crippen LogP contribution in [0.5, 0.6) is 0 Å². The molecule has 1 N–H and O–H groups in total. The van der Waals surface area contributed by atoms with Gasteiger partial charge in [0.1, 0.15) is 12.0 Å². The van der Waals surface area contributed by atoms with E-state index in [-0.39, 0.29) is 6.17 Å². The van der Waals surface area contributed by atoms with E-state index in [9.17, 15) is 0 Å². The Labute approximate surface area is 131 Å². The standard InChI is InChI=1S/C15H25N5S/c1-11(16)15(19(4)5)18-12(2)17-13(3)20(6)9-14-7-8-21-10-14/h7-8,10,12,16H,9H2,1-6H3/b16-11?,17-13+,18-15+. The first-order valence-electron chi connectivity index (χ1n) is 6.88. The average Bonchev–Trinajstić information content (AvgIpc) is 2.87. The van der Waals surface area contributed by atoms with Crippen LogP contribution in [0.3, 0.4) is 0 Å². The van der Waals surface area contributed by atoms with Gasteiger partial charge in [-0.05, 0) is 43.2 Å². The number of nitrogens with zero attached hydrogens (tertiary/aromatic N) is 4. The normalized spacial score (nSPS) is 14.0. The predicted molar refractivity (Wildman–Crippen MR) is 92.9 cm³/mol. The van der Waals surface area contributed by atoms with Crippen LogP contribution in [0.2, 0.25) is 0 Å². The van der Waals surface area contributed by atoms with Gasteiger partial charge in [0.2, 0.25) is 0 Å². The van der Waals surface area contributed by atoms with E-state index < -0.39 is 0 Å². The molecular weight excluding hydrogens is 282 g/mol. The molecule has 0 aromatic carbocycles. The molecule has 1 aromatic rings. The van der Waals surface area contributed by atoms with E-state index in [2.05, 4.69) is 31.7 Å². The fourth-order valence-electron chi connectivity index (χ4n) is 1.89. The second kappa shape index (κ2) is 7.93. The van der Waals surface area contributed by atoms with Gasteiger partial charge in [0, 0.05) is 27.7 Å². The predicted octanol–water partition coefficient (Wildman–Crippen LogP) is 2.94. The Balaban J connectivity index is 2.75. The fraction of sp³-hybridized carbons (Fsp3) is 0.533. The first kappa shape index (κ1) is 17.4. The van der Waals surface area contributed by atoms with E-state index in [1.807, 2.05) is 39.9 Å². The third kappa shape index (κ3) is 5.67. The molecule has 0 saturated carbocycles. The summed E-state index contributed by atoms with van der Waals surface area (Å²) in [5.41, 5.74) is 1.74. The molecule has 0 bridgehead atoms. The minimum atomic E-state index is -0.201. The zero-order chi connectivity index (χ0) is 16.0. The highest BCUT2D eigenvalue weighted by atomic mass is 32.1. The number of aliphatic imine (C=N–C) groups is 2. The van der Waals surface area contributed by atoms with Crippen molar-refractivity contribution in [1.82, 2.24) is 9.80 Å². The summed E-state index contributed by atoms with van der Waals surface area (Å²) in [4.78, 5) is 13.1. The molecule has 1 unspecified atom stereocenters. The van der Waals surface area contributed by atoms with Crippen molar-refractivity contribution in [3.8, 4) is 0 Å². The van der Waals surface area contributed by atoms with Crippen LogP contribution in [0.25, 0.3) is 0 Å². The van der Waals surface area contributed by atoms with E-state index in [0.29, 0.717) is 11.5 Å². The molecule has 1 atom stereocenters. The van der Waals surface area contributed by atoms with Crippen molar-refractivity contribution >= 4 is 28.7 Å². The summed E-state index contributed by atoms with van der Waals surface area (Å²) in [5, 5.41) is 12.0. The van der Waals surface area contributed by atoms with Crippen molar-refractivity contribution < 1.29 is 0 Å². The van der Waals surface area contributed by atoms with E-state index in [4.69, 9.17) is 5.41 Å². The fourth-order valence-corrected chi connectivity index (χ4v) is 2.55. The zero-order valence-electron chi connectivity index (χ0n) is 13.7. The number of amidine groups is 2. The molecule has 0 aliphatic heterocycles. The number of hydrogen-bond acceptors (Lipinski definition) is 4. The second-order valence-corrected chi connectivity index (χ2v) is 6.05. The molecule has 1 heterocycles. The van der Waals surface area contributed by atoms with Crippen LogP contribution in [0.1, 0.15) is 26.3 Å². The van der Waals surface area contributed by atoms with Gasteiger partial charge < -0.3 is 15.2 Å². The largest absolute Gasteiger partial charge is 0.361 e. The third-order valence-corrected chi connectivity index (χ3v) is 3.73. The van der Waals surface area contributed by atoms with Gasteiger partial charge in [0.05, 0.1) is 11.5 Å². The Hall–Kier alpha value is -1.69. The van der Waals surface area contributed by atoms with Gasteiger partial charge in [0.15, 0.2) is 0 Å². The van der Waals surface area contributed by atoms with Crippen LogP contribution in [0.4, 0.5) is 0 Å². The maximum absolute atomic E-state index is 7.74. The van der Waals surface area contributed by atoms with Crippen LogP contribution in [-0.2, 0) is 6.54 Å². The van der Waals surface area contributed by atoms with Gasteiger partial charge in [-0.25, -0.2) is 9.98 Å². The Kier molecular flexibility index (Phi) is 6.55. The summed E-state index contributed by atoms with van der Waals surface area (Å²) in [6, 6.07) is 2.12. The summed E-state index contributed by atoms with van der Waals surface area (Å²) >= 11 is 1.70. The van der Waals surface area contributed by atoms with Gasteiger partial charge in [-0.2, -0.15) is 11.3 Å². The van der Waals surface area contributed by atoms with Crippen LogP contribution in [0, 0.1) is 5.41 Å². The minimum Gasteiger partial charge on any atom is -0.361 e. The lowest BCUT2D eigenvalue weighted by Gasteiger charge is -2.20. The van der Waals surface area contributed by atoms with Crippen LogP contribution < -0.4 is 0 Å². The maximum Gasteiger partial charge on any atom is 0.146 e. The molecule has 5 nitrogen and oxygen atoms in total. The second-order valence-electron chi connectivity index (χ2n) is 5.27. The first-order chi connectivity index (χ1) is 9.81. The summed E-state index contributed by atoms with van der Waals surface area (Å²) < 4.78 is 0. The molecule has 0 fully saturated rings. The number of hydrogen-bond donors (Lipinski definition) is 1. The lowest BCUT2D eigenvalue weighted by atomic mass is 10.3. The molecule has 1 rings (SSSR count). The van der Waals surface area contributed by atoms with Crippen molar-refractivity contribution in [1.29, 1.82) is 5.41 Å². The first-order valence-corrected chi connectivity index (χ1v) is 7.82. The molecule has 0 amide bonds. The van der Waals surface area contributed by atoms with Crippen molar-refractivity contribution in [3.05, 3.63) is 22.4 Å². The monoisotopic (exact) mass is 307 g/mol. The van der Waals surface area contributed by atoms with Gasteiger partial charge in [-0.3, -0.25) is 0 Å². The highest BCUT2D eigenvalue weighted by Crippen LogP contribution is 2.09. The average molecular weight is 307 g/mol. The zero-order valence-corrected chi connectivity index (χ0v) is 14.5. The number of nitrogens with one attached hydrogen (secondary N) is 1. The molecular formula is C15H25N5S. The van der Waals surface area contributed by atoms with Crippen molar-refractivity contribution in [2.75, 3.05) is 21.1 Å². The molecule has 0 aliphatic carbocycles. The summed E-state index contributed by atoms with van der Waals surface area (Å²) in [6.45, 7) is 6.52. The molecule has 0 radical (unpaired) electrons. The Morgan fingerprint density at radius 1 is 1.29 bits per heavy atom. The van der Waals surface area contributed by atoms with Gasteiger partial charge in [-0.1, -0.05) is 0 Å². The Morgan fingerprint density at radius 2 is 1.95 bits per heavy atom. The maximum atomic E-state index is 7.74. The number of thiophene rings is 1. The SMILES string of the molecule is CC(=N)/C(=N\C(C)/N=C(\C)N(C)Cc1ccsc1)N(C)C. The number of rotatable bonds is 5. The quantitative estimate of drug-likeness (QED) is 0.671. The summed E-state index contributed by atoms with van der Waals surface area (Å²) in [6.07, 6.45) is -0.201. The van der Waals surface area contributed by atoms with E-state index in [1.165, 1.54) is 5.56 Å². The van der Waals surface area contributed by atoms with Gasteiger partial charge in [0.25, 0.3) is 0 Å². The van der Waals surface area contributed by atoms with Gasteiger partial charge >= 0.3 is 0 Å². The molecule has 1 aromatic heterocycles. The summed E-state index contributed by atoms with van der Waals surface area (Å²) in [5.74, 6) is 1.61.